The smallest absolute Gasteiger partial charge is 0.307 e. The Morgan fingerprint density at radius 3 is 2.58 bits per heavy atom. The summed E-state index contributed by atoms with van der Waals surface area (Å²) in [5, 5.41) is 9.26. The Labute approximate surface area is 154 Å². The third kappa shape index (κ3) is 4.82. The number of fused-ring (bicyclic) bond motifs is 1. The summed E-state index contributed by atoms with van der Waals surface area (Å²) >= 11 is 0. The fraction of sp³-hybridized carbons (Fsp3) is 0.556. The number of hydrogen-bond acceptors (Lipinski definition) is 4. The molecule has 0 saturated carbocycles. The summed E-state index contributed by atoms with van der Waals surface area (Å²) in [5.41, 5.74) is 1.55. The van der Waals surface area contributed by atoms with Gasteiger partial charge in [-0.1, -0.05) is 19.9 Å². The van der Waals surface area contributed by atoms with Gasteiger partial charge in [-0.2, -0.15) is 0 Å². The first-order chi connectivity index (χ1) is 12.1. The Hall–Kier alpha value is -1.93. The normalized spacial score (nSPS) is 15.6. The molecule has 144 valence electrons. The second-order valence-electron chi connectivity index (χ2n) is 7.08. The highest BCUT2D eigenvalue weighted by Crippen LogP contribution is 2.30. The van der Waals surface area contributed by atoms with Crippen molar-refractivity contribution in [1.82, 2.24) is 4.72 Å². The number of anilines is 1. The molecule has 8 heteroatoms. The van der Waals surface area contributed by atoms with Crippen LogP contribution in [-0.4, -0.2) is 38.5 Å². The number of hydrogen-bond donors (Lipinski definition) is 2. The Morgan fingerprint density at radius 1 is 1.31 bits per heavy atom. The molecule has 0 aliphatic carbocycles. The van der Waals surface area contributed by atoms with Crippen LogP contribution in [0.2, 0.25) is 0 Å². The lowest BCUT2D eigenvalue weighted by Crippen LogP contribution is -2.35. The maximum absolute atomic E-state index is 12.6. The summed E-state index contributed by atoms with van der Waals surface area (Å²) < 4.78 is 27.6. The molecule has 0 saturated heterocycles. The Bertz CT molecular complexity index is 789. The number of aliphatic carboxylic acids is 1. The number of benzene rings is 1. The van der Waals surface area contributed by atoms with E-state index in [2.05, 4.69) is 4.72 Å². The fourth-order valence-corrected chi connectivity index (χ4v) is 4.28. The highest BCUT2D eigenvalue weighted by molar-refractivity contribution is 7.89. The van der Waals surface area contributed by atoms with Gasteiger partial charge >= 0.3 is 5.97 Å². The zero-order valence-electron chi connectivity index (χ0n) is 15.4. The molecule has 0 spiro atoms. The van der Waals surface area contributed by atoms with Crippen molar-refractivity contribution >= 4 is 27.6 Å². The highest BCUT2D eigenvalue weighted by Gasteiger charge is 2.25. The van der Waals surface area contributed by atoms with E-state index in [1.807, 2.05) is 13.8 Å². The SMILES string of the molecule is CC(=O)N1CCCc2ccc(S(=O)(=O)NCC(CC(C)C)C(=O)O)cc21. The summed E-state index contributed by atoms with van der Waals surface area (Å²) in [6, 6.07) is 4.72. The zero-order valence-corrected chi connectivity index (χ0v) is 16.2. The monoisotopic (exact) mass is 382 g/mol. The fourth-order valence-electron chi connectivity index (χ4n) is 3.18. The molecule has 2 N–H and O–H groups in total. The maximum Gasteiger partial charge on any atom is 0.307 e. The van der Waals surface area contributed by atoms with Crippen molar-refractivity contribution in [2.75, 3.05) is 18.0 Å². The largest absolute Gasteiger partial charge is 0.481 e. The van der Waals surface area contributed by atoms with E-state index in [0.29, 0.717) is 18.7 Å². The third-order valence-electron chi connectivity index (χ3n) is 4.49. The lowest BCUT2D eigenvalue weighted by Gasteiger charge is -2.29. The van der Waals surface area contributed by atoms with Crippen LogP contribution in [-0.2, 0) is 26.0 Å². The van der Waals surface area contributed by atoms with E-state index in [1.165, 1.54) is 19.1 Å². The van der Waals surface area contributed by atoms with Crippen LogP contribution in [0.1, 0.15) is 39.2 Å². The van der Waals surface area contributed by atoms with Gasteiger partial charge in [-0.3, -0.25) is 9.59 Å². The number of carboxylic acids is 1. The van der Waals surface area contributed by atoms with Gasteiger partial charge in [0.25, 0.3) is 0 Å². The van der Waals surface area contributed by atoms with Gasteiger partial charge < -0.3 is 10.0 Å². The lowest BCUT2D eigenvalue weighted by molar-refractivity contribution is -0.142. The number of carbonyl (C=O) groups is 2. The highest BCUT2D eigenvalue weighted by atomic mass is 32.2. The molecule has 1 atom stereocenters. The van der Waals surface area contributed by atoms with E-state index < -0.39 is 21.9 Å². The Balaban J connectivity index is 2.22. The van der Waals surface area contributed by atoms with Gasteiger partial charge in [-0.25, -0.2) is 13.1 Å². The van der Waals surface area contributed by atoms with Crippen LogP contribution >= 0.6 is 0 Å². The average Bonchev–Trinajstić information content (AvgIpc) is 2.56. The number of carboxylic acid groups (broad SMARTS) is 1. The summed E-state index contributed by atoms with van der Waals surface area (Å²) in [7, 11) is -3.86. The van der Waals surface area contributed by atoms with Crippen LogP contribution in [0, 0.1) is 11.8 Å². The summed E-state index contributed by atoms with van der Waals surface area (Å²) in [4.78, 5) is 24.7. The number of carbonyl (C=O) groups excluding carboxylic acids is 1. The molecule has 1 unspecified atom stereocenters. The van der Waals surface area contributed by atoms with E-state index in [-0.39, 0.29) is 23.3 Å². The maximum atomic E-state index is 12.6. The minimum atomic E-state index is -3.86. The van der Waals surface area contributed by atoms with Crippen LogP contribution in [0.15, 0.2) is 23.1 Å². The molecule has 26 heavy (non-hydrogen) atoms. The van der Waals surface area contributed by atoms with Gasteiger partial charge in [0, 0.05) is 25.7 Å². The van der Waals surface area contributed by atoms with E-state index in [0.717, 1.165) is 18.4 Å². The van der Waals surface area contributed by atoms with Crippen molar-refractivity contribution in [1.29, 1.82) is 0 Å². The standard InChI is InChI=1S/C18H26N2O5S/c1-12(2)9-15(18(22)23)11-19-26(24,25)16-7-6-14-5-4-8-20(13(3)21)17(14)10-16/h6-7,10,12,15,19H,4-5,8-9,11H2,1-3H3,(H,22,23). The van der Waals surface area contributed by atoms with Gasteiger partial charge in [0.05, 0.1) is 10.8 Å². The molecule has 2 rings (SSSR count). The van der Waals surface area contributed by atoms with Gasteiger partial charge in [-0.05, 0) is 42.9 Å². The molecule has 1 aliphatic rings. The lowest BCUT2D eigenvalue weighted by atomic mass is 9.98. The van der Waals surface area contributed by atoms with Crippen LogP contribution in [0.3, 0.4) is 0 Å². The third-order valence-corrected chi connectivity index (χ3v) is 5.91. The summed E-state index contributed by atoms with van der Waals surface area (Å²) in [6.07, 6.45) is 2.02. The van der Waals surface area contributed by atoms with Crippen molar-refractivity contribution in [2.45, 2.75) is 44.9 Å². The molecular formula is C18H26N2O5S. The van der Waals surface area contributed by atoms with Crippen LogP contribution < -0.4 is 9.62 Å². The first-order valence-electron chi connectivity index (χ1n) is 8.75. The first-order valence-corrected chi connectivity index (χ1v) is 10.2. The predicted octanol–water partition coefficient (Wildman–Crippen LogP) is 2.01. The summed E-state index contributed by atoms with van der Waals surface area (Å²) in [6.45, 7) is 5.64. The van der Waals surface area contributed by atoms with E-state index >= 15 is 0 Å². The van der Waals surface area contributed by atoms with Gasteiger partial charge in [0.2, 0.25) is 15.9 Å². The minimum Gasteiger partial charge on any atom is -0.481 e. The van der Waals surface area contributed by atoms with Crippen molar-refractivity contribution in [3.63, 3.8) is 0 Å². The molecule has 1 amide bonds. The molecule has 0 fully saturated rings. The summed E-state index contributed by atoms with van der Waals surface area (Å²) in [5.74, 6) is -1.78. The number of sulfonamides is 1. The van der Waals surface area contributed by atoms with Crippen LogP contribution in [0.5, 0.6) is 0 Å². The van der Waals surface area contributed by atoms with Crippen molar-refractivity contribution in [3.8, 4) is 0 Å². The molecule has 0 aromatic heterocycles. The van der Waals surface area contributed by atoms with Gasteiger partial charge in [-0.15, -0.1) is 0 Å². The van der Waals surface area contributed by atoms with E-state index in [9.17, 15) is 23.1 Å². The Morgan fingerprint density at radius 2 is 2.00 bits per heavy atom. The number of aryl methyl sites for hydroxylation is 1. The molecule has 1 aromatic carbocycles. The molecule has 7 nitrogen and oxygen atoms in total. The van der Waals surface area contributed by atoms with Crippen LogP contribution in [0.4, 0.5) is 5.69 Å². The van der Waals surface area contributed by atoms with Crippen molar-refractivity contribution < 1.29 is 23.1 Å². The van der Waals surface area contributed by atoms with Gasteiger partial charge in [0.1, 0.15) is 0 Å². The molecule has 0 bridgehead atoms. The second kappa shape index (κ2) is 8.18. The quantitative estimate of drug-likeness (QED) is 0.751. The first kappa shape index (κ1) is 20.4. The topological polar surface area (TPSA) is 104 Å². The van der Waals surface area contributed by atoms with Crippen LogP contribution in [0.25, 0.3) is 0 Å². The van der Waals surface area contributed by atoms with Crippen molar-refractivity contribution in [3.05, 3.63) is 23.8 Å². The van der Waals surface area contributed by atoms with Crippen molar-refractivity contribution in [2.24, 2.45) is 11.8 Å². The molecular weight excluding hydrogens is 356 g/mol. The molecule has 1 heterocycles. The average molecular weight is 382 g/mol. The minimum absolute atomic E-state index is 0.0399. The predicted molar refractivity (Wildman–Crippen MR) is 98.6 cm³/mol. The number of nitrogens with one attached hydrogen (secondary N) is 1. The number of nitrogens with zero attached hydrogens (tertiary/aromatic N) is 1. The Kier molecular flexibility index (Phi) is 6.41. The molecule has 0 radical (unpaired) electrons. The van der Waals surface area contributed by atoms with E-state index in [1.54, 1.807) is 11.0 Å². The van der Waals surface area contributed by atoms with Gasteiger partial charge in [0.15, 0.2) is 0 Å². The van der Waals surface area contributed by atoms with E-state index in [4.69, 9.17) is 0 Å². The second-order valence-corrected chi connectivity index (χ2v) is 8.85. The molecule has 1 aliphatic heterocycles. The number of rotatable bonds is 7. The number of amides is 1. The zero-order chi connectivity index (χ0) is 19.5. The molecule has 1 aromatic rings.